The van der Waals surface area contributed by atoms with Gasteiger partial charge < -0.3 is 9.64 Å². The molecule has 1 amide bonds. The molecule has 1 aromatic rings. The summed E-state index contributed by atoms with van der Waals surface area (Å²) in [6.45, 7) is 6.35. The Morgan fingerprint density at radius 1 is 1.15 bits per heavy atom. The molecule has 26 heavy (non-hydrogen) atoms. The molecular formula is C18H26N2O5S. The topological polar surface area (TPSA) is 107 Å². The fourth-order valence-electron chi connectivity index (χ4n) is 2.24. The molecule has 144 valence electrons. The van der Waals surface area contributed by atoms with Crippen molar-refractivity contribution >= 4 is 21.9 Å². The third-order valence-corrected chi connectivity index (χ3v) is 4.47. The van der Waals surface area contributed by atoms with Crippen LogP contribution in [0.15, 0.2) is 40.8 Å². The number of sulfonamides is 1. The zero-order valence-electron chi connectivity index (χ0n) is 15.4. The van der Waals surface area contributed by atoms with Gasteiger partial charge in [-0.1, -0.05) is 17.7 Å². The number of hydrogen-bond donors (Lipinski definition) is 1. The molecule has 1 rings (SSSR count). The summed E-state index contributed by atoms with van der Waals surface area (Å²) in [5.74, 6) is -0.518. The molecule has 2 N–H and O–H groups in total. The molecule has 0 fully saturated rings. The van der Waals surface area contributed by atoms with E-state index in [-0.39, 0.29) is 29.7 Å². The minimum Gasteiger partial charge on any atom is -0.466 e. The van der Waals surface area contributed by atoms with Crippen molar-refractivity contribution in [3.63, 3.8) is 0 Å². The maximum Gasteiger partial charge on any atom is 0.307 e. The van der Waals surface area contributed by atoms with Gasteiger partial charge in [-0.25, -0.2) is 13.6 Å². The van der Waals surface area contributed by atoms with Crippen LogP contribution < -0.4 is 5.14 Å². The van der Waals surface area contributed by atoms with Crippen LogP contribution in [0.4, 0.5) is 0 Å². The SMILES string of the molecule is CCOC(=O)CCN(CCc1ccc(S(N)(=O)=O)cc1)C(=O)C=C(C)C. The van der Waals surface area contributed by atoms with Crippen LogP contribution in [0, 0.1) is 0 Å². The fourth-order valence-corrected chi connectivity index (χ4v) is 2.76. The van der Waals surface area contributed by atoms with Crippen molar-refractivity contribution in [1.82, 2.24) is 4.90 Å². The third-order valence-electron chi connectivity index (χ3n) is 3.54. The lowest BCUT2D eigenvalue weighted by atomic mass is 10.1. The predicted octanol–water partition coefficient (Wildman–Crippen LogP) is 1.62. The summed E-state index contributed by atoms with van der Waals surface area (Å²) in [4.78, 5) is 25.5. The summed E-state index contributed by atoms with van der Waals surface area (Å²) in [6, 6.07) is 6.19. The number of nitrogens with two attached hydrogens (primary N) is 1. The number of hydrogen-bond acceptors (Lipinski definition) is 5. The number of rotatable bonds is 9. The Kier molecular flexibility index (Phi) is 8.47. The maximum atomic E-state index is 12.3. The molecule has 0 aliphatic heterocycles. The van der Waals surface area contributed by atoms with Crippen molar-refractivity contribution in [1.29, 1.82) is 0 Å². The van der Waals surface area contributed by atoms with Crippen molar-refractivity contribution in [2.45, 2.75) is 38.5 Å². The van der Waals surface area contributed by atoms with Gasteiger partial charge in [-0.3, -0.25) is 9.59 Å². The van der Waals surface area contributed by atoms with E-state index >= 15 is 0 Å². The molecule has 0 bridgehead atoms. The van der Waals surface area contributed by atoms with Crippen molar-refractivity contribution in [2.24, 2.45) is 5.14 Å². The highest BCUT2D eigenvalue weighted by molar-refractivity contribution is 7.89. The number of allylic oxidation sites excluding steroid dienone is 1. The van der Waals surface area contributed by atoms with E-state index in [0.717, 1.165) is 11.1 Å². The lowest BCUT2D eigenvalue weighted by Gasteiger charge is -2.21. The van der Waals surface area contributed by atoms with Gasteiger partial charge in [0.1, 0.15) is 0 Å². The number of benzene rings is 1. The predicted molar refractivity (Wildman–Crippen MR) is 98.8 cm³/mol. The standard InChI is InChI=1S/C18H26N2O5S/c1-4-25-18(22)10-12-20(17(21)13-14(2)3)11-9-15-5-7-16(8-6-15)26(19,23)24/h5-8,13H,4,9-12H2,1-3H3,(H2,19,23,24). The highest BCUT2D eigenvalue weighted by Crippen LogP contribution is 2.10. The highest BCUT2D eigenvalue weighted by atomic mass is 32.2. The molecule has 0 saturated heterocycles. The largest absolute Gasteiger partial charge is 0.466 e. The molecule has 0 unspecified atom stereocenters. The number of esters is 1. The molecule has 1 aromatic carbocycles. The first kappa shape index (κ1) is 21.9. The second-order valence-electron chi connectivity index (χ2n) is 6.04. The van der Waals surface area contributed by atoms with E-state index in [0.29, 0.717) is 19.6 Å². The Hall–Kier alpha value is -2.19. The average Bonchev–Trinajstić information content (AvgIpc) is 2.54. The molecule has 0 saturated carbocycles. The van der Waals surface area contributed by atoms with Gasteiger partial charge in [-0.05, 0) is 44.9 Å². The number of nitrogens with zero attached hydrogens (tertiary/aromatic N) is 1. The number of carbonyl (C=O) groups excluding carboxylic acids is 2. The smallest absolute Gasteiger partial charge is 0.307 e. The number of carbonyl (C=O) groups is 2. The van der Waals surface area contributed by atoms with E-state index in [1.54, 1.807) is 24.0 Å². The van der Waals surface area contributed by atoms with E-state index in [2.05, 4.69) is 0 Å². The molecule has 0 aliphatic carbocycles. The highest BCUT2D eigenvalue weighted by Gasteiger charge is 2.14. The number of amides is 1. The monoisotopic (exact) mass is 382 g/mol. The van der Waals surface area contributed by atoms with E-state index < -0.39 is 10.0 Å². The maximum absolute atomic E-state index is 12.3. The van der Waals surface area contributed by atoms with Gasteiger partial charge in [0.25, 0.3) is 0 Å². The van der Waals surface area contributed by atoms with Gasteiger partial charge in [0, 0.05) is 19.2 Å². The van der Waals surface area contributed by atoms with Gasteiger partial charge in [0.15, 0.2) is 0 Å². The second kappa shape index (κ2) is 10.1. The van der Waals surface area contributed by atoms with Crippen LogP contribution in [0.2, 0.25) is 0 Å². The summed E-state index contributed by atoms with van der Waals surface area (Å²) in [5.41, 5.74) is 1.73. The van der Waals surface area contributed by atoms with E-state index in [9.17, 15) is 18.0 Å². The molecule has 7 nitrogen and oxygen atoms in total. The Morgan fingerprint density at radius 2 is 1.77 bits per heavy atom. The van der Waals surface area contributed by atoms with Gasteiger partial charge in [0.2, 0.25) is 15.9 Å². The summed E-state index contributed by atoms with van der Waals surface area (Å²) in [6.07, 6.45) is 2.17. The fraction of sp³-hybridized carbons (Fsp3) is 0.444. The van der Waals surface area contributed by atoms with Gasteiger partial charge in [-0.15, -0.1) is 0 Å². The molecule has 8 heteroatoms. The average molecular weight is 382 g/mol. The molecule has 0 aromatic heterocycles. The minimum atomic E-state index is -3.73. The van der Waals surface area contributed by atoms with E-state index in [4.69, 9.17) is 9.88 Å². The zero-order chi connectivity index (χ0) is 19.7. The first-order valence-corrected chi connectivity index (χ1v) is 9.89. The van der Waals surface area contributed by atoms with Crippen molar-refractivity contribution in [3.8, 4) is 0 Å². The Morgan fingerprint density at radius 3 is 2.27 bits per heavy atom. The Labute approximate surface area is 154 Å². The first-order valence-electron chi connectivity index (χ1n) is 8.34. The van der Waals surface area contributed by atoms with Crippen molar-refractivity contribution in [3.05, 3.63) is 41.5 Å². The first-order chi connectivity index (χ1) is 12.1. The van der Waals surface area contributed by atoms with E-state index in [1.165, 1.54) is 18.2 Å². The van der Waals surface area contributed by atoms with Crippen LogP contribution in [0.3, 0.4) is 0 Å². The van der Waals surface area contributed by atoms with Crippen molar-refractivity contribution in [2.75, 3.05) is 19.7 Å². The summed E-state index contributed by atoms with van der Waals surface area (Å²) in [5, 5.41) is 5.08. The second-order valence-corrected chi connectivity index (χ2v) is 7.60. The Bertz CT molecular complexity index is 750. The van der Waals surface area contributed by atoms with Gasteiger partial charge in [0.05, 0.1) is 17.9 Å². The molecule has 0 heterocycles. The van der Waals surface area contributed by atoms with Crippen molar-refractivity contribution < 1.29 is 22.7 Å². The van der Waals surface area contributed by atoms with E-state index in [1.807, 2.05) is 13.8 Å². The molecule has 0 radical (unpaired) electrons. The van der Waals surface area contributed by atoms with Crippen LogP contribution in [0.1, 0.15) is 32.8 Å². The van der Waals surface area contributed by atoms with Crippen LogP contribution >= 0.6 is 0 Å². The minimum absolute atomic E-state index is 0.0426. The lowest BCUT2D eigenvalue weighted by Crippen LogP contribution is -2.34. The normalized spacial score (nSPS) is 10.9. The number of ether oxygens (including phenoxy) is 1. The summed E-state index contributed by atoms with van der Waals surface area (Å²) < 4.78 is 27.5. The third kappa shape index (κ3) is 7.79. The Balaban J connectivity index is 2.77. The molecule has 0 atom stereocenters. The quantitative estimate of drug-likeness (QED) is 0.516. The van der Waals surface area contributed by atoms with Crippen LogP contribution in [-0.2, 0) is 30.8 Å². The van der Waals surface area contributed by atoms with Crippen LogP contribution in [-0.4, -0.2) is 44.9 Å². The van der Waals surface area contributed by atoms with Crippen LogP contribution in [0.25, 0.3) is 0 Å². The number of primary sulfonamides is 1. The molecule has 0 spiro atoms. The molecular weight excluding hydrogens is 356 g/mol. The zero-order valence-corrected chi connectivity index (χ0v) is 16.2. The lowest BCUT2D eigenvalue weighted by molar-refractivity contribution is -0.143. The van der Waals surface area contributed by atoms with Gasteiger partial charge >= 0.3 is 5.97 Å². The summed E-state index contributed by atoms with van der Waals surface area (Å²) >= 11 is 0. The molecule has 0 aliphatic rings. The van der Waals surface area contributed by atoms with Gasteiger partial charge in [-0.2, -0.15) is 0 Å². The summed E-state index contributed by atoms with van der Waals surface area (Å²) in [7, 11) is -3.73. The van der Waals surface area contributed by atoms with Crippen LogP contribution in [0.5, 0.6) is 0 Å².